The Hall–Kier alpha value is -1.49. The van der Waals surface area contributed by atoms with E-state index in [1.807, 2.05) is 18.2 Å². The lowest BCUT2D eigenvalue weighted by Crippen LogP contribution is -2.15. The van der Waals surface area contributed by atoms with Crippen molar-refractivity contribution in [3.05, 3.63) is 24.3 Å². The molecule has 1 aliphatic heterocycles. The van der Waals surface area contributed by atoms with E-state index in [-0.39, 0.29) is 0 Å². The molecule has 4 nitrogen and oxygen atoms in total. The number of para-hydroxylation sites is 1. The fraction of sp³-hybridized carbons (Fsp3) is 0.500. The van der Waals surface area contributed by atoms with Gasteiger partial charge in [-0.1, -0.05) is 19.1 Å². The van der Waals surface area contributed by atoms with Gasteiger partial charge < -0.3 is 10.6 Å². The minimum absolute atomic E-state index is 0.714. The van der Waals surface area contributed by atoms with Crippen molar-refractivity contribution in [1.82, 2.24) is 9.97 Å². The fourth-order valence-corrected chi connectivity index (χ4v) is 3.74. The van der Waals surface area contributed by atoms with Gasteiger partial charge in [0.2, 0.25) is 5.95 Å². The quantitative estimate of drug-likeness (QED) is 0.851. The van der Waals surface area contributed by atoms with E-state index in [2.05, 4.69) is 45.4 Å². The van der Waals surface area contributed by atoms with Crippen LogP contribution in [0.4, 0.5) is 11.8 Å². The number of nitrogens with one attached hydrogen (secondary N) is 2. The molecule has 1 saturated heterocycles. The molecule has 0 aliphatic carbocycles. The van der Waals surface area contributed by atoms with E-state index in [1.54, 1.807) is 0 Å². The van der Waals surface area contributed by atoms with Crippen molar-refractivity contribution in [3.8, 4) is 0 Å². The molecule has 0 bridgehead atoms. The fourth-order valence-electron chi connectivity index (χ4n) is 2.54. The maximum absolute atomic E-state index is 4.66. The molecule has 0 saturated carbocycles. The third-order valence-corrected chi connectivity index (χ3v) is 5.06. The van der Waals surface area contributed by atoms with Crippen molar-refractivity contribution < 1.29 is 0 Å². The minimum Gasteiger partial charge on any atom is -0.368 e. The van der Waals surface area contributed by atoms with E-state index in [9.17, 15) is 0 Å². The normalized spacial score (nSPS) is 18.0. The second-order valence-electron chi connectivity index (χ2n) is 5.36. The molecule has 5 heteroatoms. The van der Waals surface area contributed by atoms with E-state index in [4.69, 9.17) is 0 Å². The van der Waals surface area contributed by atoms with E-state index < -0.39 is 0 Å². The lowest BCUT2D eigenvalue weighted by atomic mass is 10.2. The average Bonchev–Trinajstić information content (AvgIpc) is 3.04. The highest BCUT2D eigenvalue weighted by atomic mass is 32.2. The van der Waals surface area contributed by atoms with Crippen LogP contribution in [0.2, 0.25) is 0 Å². The zero-order valence-corrected chi connectivity index (χ0v) is 13.2. The highest BCUT2D eigenvalue weighted by Crippen LogP contribution is 2.27. The summed E-state index contributed by atoms with van der Waals surface area (Å²) in [4.78, 5) is 9.24. The van der Waals surface area contributed by atoms with Crippen molar-refractivity contribution in [2.24, 2.45) is 0 Å². The van der Waals surface area contributed by atoms with Crippen LogP contribution in [0.15, 0.2) is 24.3 Å². The van der Waals surface area contributed by atoms with Gasteiger partial charge in [0.15, 0.2) is 0 Å². The molecule has 2 heterocycles. The van der Waals surface area contributed by atoms with Crippen LogP contribution in [0.5, 0.6) is 0 Å². The predicted molar refractivity (Wildman–Crippen MR) is 92.3 cm³/mol. The summed E-state index contributed by atoms with van der Waals surface area (Å²) in [6.45, 7) is 4.03. The molecule has 1 fully saturated rings. The third kappa shape index (κ3) is 3.59. The van der Waals surface area contributed by atoms with Crippen molar-refractivity contribution in [3.63, 3.8) is 0 Å². The summed E-state index contributed by atoms with van der Waals surface area (Å²) >= 11 is 2.06. The van der Waals surface area contributed by atoms with E-state index in [0.717, 1.165) is 42.2 Å². The van der Waals surface area contributed by atoms with Crippen LogP contribution in [0.1, 0.15) is 26.2 Å². The monoisotopic (exact) mass is 302 g/mol. The van der Waals surface area contributed by atoms with Gasteiger partial charge in [0.05, 0.1) is 5.52 Å². The van der Waals surface area contributed by atoms with Gasteiger partial charge in [-0.25, -0.2) is 4.98 Å². The zero-order chi connectivity index (χ0) is 14.5. The van der Waals surface area contributed by atoms with E-state index >= 15 is 0 Å². The maximum Gasteiger partial charge on any atom is 0.225 e. The highest BCUT2D eigenvalue weighted by molar-refractivity contribution is 8.00. The Morgan fingerprint density at radius 2 is 2.14 bits per heavy atom. The molecule has 2 aromatic rings. The molecule has 21 heavy (non-hydrogen) atoms. The predicted octanol–water partition coefficient (Wildman–Crippen LogP) is 3.76. The molecule has 0 amide bonds. The Morgan fingerprint density at radius 3 is 2.95 bits per heavy atom. The van der Waals surface area contributed by atoms with Crippen LogP contribution in [-0.4, -0.2) is 34.1 Å². The second kappa shape index (κ2) is 6.98. The van der Waals surface area contributed by atoms with Crippen LogP contribution in [0.25, 0.3) is 10.9 Å². The maximum atomic E-state index is 4.66. The largest absolute Gasteiger partial charge is 0.368 e. The van der Waals surface area contributed by atoms with Crippen LogP contribution in [0, 0.1) is 0 Å². The number of fused-ring (bicyclic) bond motifs is 1. The van der Waals surface area contributed by atoms with Gasteiger partial charge in [-0.3, -0.25) is 0 Å². The van der Waals surface area contributed by atoms with E-state index in [0.29, 0.717) is 5.25 Å². The molecule has 1 aromatic carbocycles. The lowest BCUT2D eigenvalue weighted by Gasteiger charge is -2.14. The van der Waals surface area contributed by atoms with E-state index in [1.165, 1.54) is 18.6 Å². The van der Waals surface area contributed by atoms with Crippen molar-refractivity contribution in [2.75, 3.05) is 29.5 Å². The van der Waals surface area contributed by atoms with Gasteiger partial charge in [-0.05, 0) is 37.1 Å². The molecular weight excluding hydrogens is 280 g/mol. The summed E-state index contributed by atoms with van der Waals surface area (Å²) in [5.41, 5.74) is 0.993. The molecule has 3 rings (SSSR count). The van der Waals surface area contributed by atoms with Crippen LogP contribution in [0.3, 0.4) is 0 Å². The average molecular weight is 302 g/mol. The summed E-state index contributed by atoms with van der Waals surface area (Å²) in [5.74, 6) is 2.96. The summed E-state index contributed by atoms with van der Waals surface area (Å²) in [6, 6.07) is 8.20. The number of rotatable bonds is 6. The molecule has 0 radical (unpaired) electrons. The molecule has 2 N–H and O–H groups in total. The minimum atomic E-state index is 0.714. The second-order valence-corrected chi connectivity index (χ2v) is 6.76. The van der Waals surface area contributed by atoms with Crippen LogP contribution < -0.4 is 10.6 Å². The number of hydrogen-bond donors (Lipinski definition) is 2. The highest BCUT2D eigenvalue weighted by Gasteiger charge is 2.16. The number of thioether (sulfide) groups is 1. The molecule has 112 valence electrons. The first-order chi connectivity index (χ1) is 10.4. The molecule has 1 aromatic heterocycles. The zero-order valence-electron chi connectivity index (χ0n) is 12.4. The number of nitrogens with zero attached hydrogens (tertiary/aromatic N) is 2. The smallest absolute Gasteiger partial charge is 0.225 e. The third-order valence-electron chi connectivity index (χ3n) is 3.66. The molecule has 0 spiro atoms. The Kier molecular flexibility index (Phi) is 4.80. The summed E-state index contributed by atoms with van der Waals surface area (Å²) in [5, 5.41) is 8.64. The Bertz CT molecular complexity index is 596. The number of aromatic nitrogens is 2. The Balaban J connectivity index is 1.82. The van der Waals surface area contributed by atoms with Crippen LogP contribution >= 0.6 is 11.8 Å². The molecule has 1 atom stereocenters. The Morgan fingerprint density at radius 1 is 1.24 bits per heavy atom. The molecule has 1 aliphatic rings. The Labute approximate surface area is 130 Å². The summed E-state index contributed by atoms with van der Waals surface area (Å²) in [7, 11) is 0. The van der Waals surface area contributed by atoms with Gasteiger partial charge >= 0.3 is 0 Å². The van der Waals surface area contributed by atoms with Crippen molar-refractivity contribution in [2.45, 2.75) is 31.4 Å². The first-order valence-corrected chi connectivity index (χ1v) is 8.78. The topological polar surface area (TPSA) is 49.8 Å². The summed E-state index contributed by atoms with van der Waals surface area (Å²) < 4.78 is 0. The first kappa shape index (κ1) is 14.4. The van der Waals surface area contributed by atoms with Gasteiger partial charge in [-0.2, -0.15) is 16.7 Å². The first-order valence-electron chi connectivity index (χ1n) is 7.73. The molecular formula is C16H22N4S. The van der Waals surface area contributed by atoms with Crippen LogP contribution in [-0.2, 0) is 0 Å². The molecule has 1 unspecified atom stereocenters. The van der Waals surface area contributed by atoms with Gasteiger partial charge in [0, 0.05) is 23.7 Å². The number of anilines is 2. The van der Waals surface area contributed by atoms with Gasteiger partial charge in [0.25, 0.3) is 0 Å². The van der Waals surface area contributed by atoms with Gasteiger partial charge in [0.1, 0.15) is 5.82 Å². The summed E-state index contributed by atoms with van der Waals surface area (Å²) in [6.07, 6.45) is 3.71. The lowest BCUT2D eigenvalue weighted by molar-refractivity contribution is 0.804. The SMILES string of the molecule is CCCNc1nc(NCC2CCCS2)c2ccccc2n1. The van der Waals surface area contributed by atoms with Gasteiger partial charge in [-0.15, -0.1) is 0 Å². The number of benzene rings is 1. The van der Waals surface area contributed by atoms with Crippen molar-refractivity contribution in [1.29, 1.82) is 0 Å². The van der Waals surface area contributed by atoms with Crippen molar-refractivity contribution >= 4 is 34.4 Å². The number of hydrogen-bond acceptors (Lipinski definition) is 5. The standard InChI is InChI=1S/C16H22N4S/c1-2-9-17-16-19-14-8-4-3-7-13(14)15(20-16)18-11-12-6-5-10-21-12/h3-4,7-8,12H,2,5-6,9-11H2,1H3,(H2,17,18,19,20).